The summed E-state index contributed by atoms with van der Waals surface area (Å²) in [4.78, 5) is 2.47. The minimum Gasteiger partial charge on any atom is -0.379 e. The molecule has 1 fully saturated rings. The average molecular weight is 228 g/mol. The second-order valence-corrected chi connectivity index (χ2v) is 5.47. The normalized spacial score (nSPS) is 24.0. The van der Waals surface area contributed by atoms with Gasteiger partial charge in [-0.05, 0) is 39.3 Å². The largest absolute Gasteiger partial charge is 0.379 e. The van der Waals surface area contributed by atoms with Crippen LogP contribution in [0.4, 0.5) is 0 Å². The van der Waals surface area contributed by atoms with Crippen LogP contribution in [0.25, 0.3) is 0 Å². The van der Waals surface area contributed by atoms with E-state index in [9.17, 15) is 0 Å². The summed E-state index contributed by atoms with van der Waals surface area (Å²) in [5, 5.41) is 3.52. The topological polar surface area (TPSA) is 24.5 Å². The third-order valence-electron chi connectivity index (χ3n) is 3.44. The van der Waals surface area contributed by atoms with Gasteiger partial charge in [-0.15, -0.1) is 0 Å². The van der Waals surface area contributed by atoms with Crippen LogP contribution in [0.5, 0.6) is 0 Å². The molecule has 2 unspecified atom stereocenters. The Labute approximate surface area is 101 Å². The Morgan fingerprint density at radius 3 is 2.69 bits per heavy atom. The number of ether oxygens (including phenoxy) is 1. The van der Waals surface area contributed by atoms with E-state index in [1.807, 2.05) is 0 Å². The van der Waals surface area contributed by atoms with Crippen LogP contribution in [0.15, 0.2) is 0 Å². The highest BCUT2D eigenvalue weighted by atomic mass is 16.5. The molecule has 0 aromatic rings. The van der Waals surface area contributed by atoms with E-state index in [1.165, 1.54) is 19.4 Å². The van der Waals surface area contributed by atoms with Crippen molar-refractivity contribution in [2.24, 2.45) is 5.92 Å². The molecule has 1 saturated heterocycles. The van der Waals surface area contributed by atoms with Gasteiger partial charge in [-0.3, -0.25) is 0 Å². The fourth-order valence-corrected chi connectivity index (χ4v) is 2.05. The molecule has 3 nitrogen and oxygen atoms in total. The van der Waals surface area contributed by atoms with Crippen molar-refractivity contribution in [3.8, 4) is 0 Å². The zero-order chi connectivity index (χ0) is 12.0. The van der Waals surface area contributed by atoms with Crippen molar-refractivity contribution in [3.63, 3.8) is 0 Å². The molecule has 1 rings (SSSR count). The highest BCUT2D eigenvalue weighted by Crippen LogP contribution is 2.10. The number of rotatable bonds is 6. The SMILES string of the molecule is CC(C)CCN(C)C(C)CC1COCCN1. The molecule has 2 atom stereocenters. The van der Waals surface area contributed by atoms with Crippen LogP contribution >= 0.6 is 0 Å². The minimum atomic E-state index is 0.547. The first-order valence-electron chi connectivity index (χ1n) is 6.61. The first-order chi connectivity index (χ1) is 7.59. The fourth-order valence-electron chi connectivity index (χ4n) is 2.05. The number of hydrogen-bond acceptors (Lipinski definition) is 3. The van der Waals surface area contributed by atoms with Crippen molar-refractivity contribution in [1.82, 2.24) is 10.2 Å². The molecule has 0 spiro atoms. The smallest absolute Gasteiger partial charge is 0.0620 e. The Morgan fingerprint density at radius 2 is 2.12 bits per heavy atom. The summed E-state index contributed by atoms with van der Waals surface area (Å²) in [6, 6.07) is 1.18. The predicted molar refractivity (Wildman–Crippen MR) is 68.8 cm³/mol. The molecule has 1 N–H and O–H groups in total. The van der Waals surface area contributed by atoms with Gasteiger partial charge >= 0.3 is 0 Å². The molecule has 1 aliphatic heterocycles. The van der Waals surface area contributed by atoms with E-state index in [-0.39, 0.29) is 0 Å². The van der Waals surface area contributed by atoms with Gasteiger partial charge in [-0.2, -0.15) is 0 Å². The Hall–Kier alpha value is -0.120. The second kappa shape index (κ2) is 7.25. The molecule has 0 saturated carbocycles. The quantitative estimate of drug-likeness (QED) is 0.749. The van der Waals surface area contributed by atoms with E-state index < -0.39 is 0 Å². The van der Waals surface area contributed by atoms with Crippen LogP contribution in [0.1, 0.15) is 33.6 Å². The Kier molecular flexibility index (Phi) is 6.32. The van der Waals surface area contributed by atoms with Gasteiger partial charge in [0.15, 0.2) is 0 Å². The van der Waals surface area contributed by atoms with Crippen molar-refractivity contribution in [1.29, 1.82) is 0 Å². The highest BCUT2D eigenvalue weighted by molar-refractivity contribution is 4.76. The third kappa shape index (κ3) is 5.28. The number of nitrogens with zero attached hydrogens (tertiary/aromatic N) is 1. The van der Waals surface area contributed by atoms with Gasteiger partial charge in [0.2, 0.25) is 0 Å². The third-order valence-corrected chi connectivity index (χ3v) is 3.44. The van der Waals surface area contributed by atoms with Crippen LogP contribution in [0, 0.1) is 5.92 Å². The molecule has 0 aliphatic carbocycles. The van der Waals surface area contributed by atoms with Gasteiger partial charge in [0.1, 0.15) is 0 Å². The summed E-state index contributed by atoms with van der Waals surface area (Å²) in [7, 11) is 2.23. The minimum absolute atomic E-state index is 0.547. The maximum atomic E-state index is 5.48. The summed E-state index contributed by atoms with van der Waals surface area (Å²) in [5.74, 6) is 0.797. The average Bonchev–Trinajstić information content (AvgIpc) is 2.27. The number of morpholine rings is 1. The van der Waals surface area contributed by atoms with Gasteiger partial charge in [-0.1, -0.05) is 13.8 Å². The lowest BCUT2D eigenvalue weighted by Gasteiger charge is -2.31. The molecule has 0 amide bonds. The van der Waals surface area contributed by atoms with E-state index in [0.29, 0.717) is 12.1 Å². The van der Waals surface area contributed by atoms with E-state index in [0.717, 1.165) is 25.7 Å². The van der Waals surface area contributed by atoms with Gasteiger partial charge < -0.3 is 15.0 Å². The molecule has 16 heavy (non-hydrogen) atoms. The maximum absolute atomic E-state index is 5.48. The first-order valence-corrected chi connectivity index (χ1v) is 6.61. The predicted octanol–water partition coefficient (Wildman–Crippen LogP) is 1.73. The van der Waals surface area contributed by atoms with Gasteiger partial charge in [0, 0.05) is 18.6 Å². The van der Waals surface area contributed by atoms with E-state index in [1.54, 1.807) is 0 Å². The van der Waals surface area contributed by atoms with Crippen molar-refractivity contribution >= 4 is 0 Å². The van der Waals surface area contributed by atoms with Gasteiger partial charge in [0.25, 0.3) is 0 Å². The number of hydrogen-bond donors (Lipinski definition) is 1. The van der Waals surface area contributed by atoms with E-state index >= 15 is 0 Å². The second-order valence-electron chi connectivity index (χ2n) is 5.47. The first kappa shape index (κ1) is 13.9. The van der Waals surface area contributed by atoms with E-state index in [4.69, 9.17) is 4.74 Å². The summed E-state index contributed by atoms with van der Waals surface area (Å²) in [6.45, 7) is 10.8. The van der Waals surface area contributed by atoms with Crippen molar-refractivity contribution < 1.29 is 4.74 Å². The van der Waals surface area contributed by atoms with Crippen LogP contribution in [-0.4, -0.2) is 50.3 Å². The Balaban J connectivity index is 2.19. The Bertz CT molecular complexity index is 179. The lowest BCUT2D eigenvalue weighted by atomic mass is 10.1. The highest BCUT2D eigenvalue weighted by Gasteiger charge is 2.18. The zero-order valence-corrected chi connectivity index (χ0v) is 11.3. The monoisotopic (exact) mass is 228 g/mol. The molecule has 0 aromatic heterocycles. The number of nitrogens with one attached hydrogen (secondary N) is 1. The van der Waals surface area contributed by atoms with E-state index in [2.05, 4.69) is 38.0 Å². The van der Waals surface area contributed by atoms with Crippen LogP contribution in [0.3, 0.4) is 0 Å². The van der Waals surface area contributed by atoms with Crippen molar-refractivity contribution in [2.45, 2.75) is 45.7 Å². The summed E-state index contributed by atoms with van der Waals surface area (Å²) < 4.78 is 5.48. The van der Waals surface area contributed by atoms with Crippen LogP contribution in [-0.2, 0) is 4.74 Å². The molecule has 0 bridgehead atoms. The summed E-state index contributed by atoms with van der Waals surface area (Å²) >= 11 is 0. The van der Waals surface area contributed by atoms with Crippen molar-refractivity contribution in [3.05, 3.63) is 0 Å². The van der Waals surface area contributed by atoms with Crippen molar-refractivity contribution in [2.75, 3.05) is 33.4 Å². The zero-order valence-electron chi connectivity index (χ0n) is 11.3. The molecule has 0 aromatic carbocycles. The standard InChI is InChI=1S/C13H28N2O/c1-11(2)5-7-15(4)12(3)9-13-10-16-8-6-14-13/h11-14H,5-10H2,1-4H3. The molecule has 3 heteroatoms. The molecule has 96 valence electrons. The van der Waals surface area contributed by atoms with Crippen LogP contribution in [0.2, 0.25) is 0 Å². The summed E-state index contributed by atoms with van der Waals surface area (Å²) in [6.07, 6.45) is 2.48. The molecule has 1 heterocycles. The van der Waals surface area contributed by atoms with Gasteiger partial charge in [-0.25, -0.2) is 0 Å². The fraction of sp³-hybridized carbons (Fsp3) is 1.00. The lowest BCUT2D eigenvalue weighted by molar-refractivity contribution is 0.0641. The molecule has 0 radical (unpaired) electrons. The lowest BCUT2D eigenvalue weighted by Crippen LogP contribution is -2.45. The van der Waals surface area contributed by atoms with Gasteiger partial charge in [0.05, 0.1) is 13.2 Å². The maximum Gasteiger partial charge on any atom is 0.0620 e. The Morgan fingerprint density at radius 1 is 1.38 bits per heavy atom. The molecular weight excluding hydrogens is 200 g/mol. The molecule has 1 aliphatic rings. The molecular formula is C13H28N2O. The van der Waals surface area contributed by atoms with Crippen LogP contribution < -0.4 is 5.32 Å². The summed E-state index contributed by atoms with van der Waals surface area (Å²) in [5.41, 5.74) is 0.